The van der Waals surface area contributed by atoms with Crippen molar-refractivity contribution in [1.82, 2.24) is 19.8 Å². The van der Waals surface area contributed by atoms with Crippen LogP contribution in [0.4, 0.5) is 0 Å². The molecule has 168 valence electrons. The molecule has 1 saturated carbocycles. The normalized spacial score (nSPS) is 13.9. The van der Waals surface area contributed by atoms with E-state index in [1.54, 1.807) is 14.2 Å². The third-order valence-electron chi connectivity index (χ3n) is 5.67. The van der Waals surface area contributed by atoms with Gasteiger partial charge < -0.3 is 9.57 Å². The number of unbranched alkanes of at least 4 members (excludes halogenated alkanes) is 1. The molecule has 1 aliphatic carbocycles. The molecule has 0 saturated heterocycles. The van der Waals surface area contributed by atoms with Crippen LogP contribution in [0.15, 0.2) is 52.4 Å². The lowest BCUT2D eigenvalue weighted by Crippen LogP contribution is -2.23. The molecule has 1 aromatic heterocycles. The lowest BCUT2D eigenvalue weighted by Gasteiger charge is -2.15. The fraction of sp³-hybridized carbons (Fsp3) is 0.417. The van der Waals surface area contributed by atoms with E-state index in [1.807, 2.05) is 36.4 Å². The van der Waals surface area contributed by atoms with Crippen molar-refractivity contribution in [2.45, 2.75) is 51.6 Å². The van der Waals surface area contributed by atoms with Gasteiger partial charge in [-0.25, -0.2) is 4.79 Å². The minimum absolute atomic E-state index is 0.280. The van der Waals surface area contributed by atoms with Crippen LogP contribution < -0.4 is 10.4 Å². The number of hydrogen-bond donors (Lipinski definition) is 0. The Morgan fingerprint density at radius 1 is 1.19 bits per heavy atom. The maximum absolute atomic E-state index is 12.5. The summed E-state index contributed by atoms with van der Waals surface area (Å²) in [6.07, 6.45) is 5.27. The Bertz CT molecular complexity index is 1160. The topological polar surface area (TPSA) is 83.5 Å². The molecule has 0 aliphatic heterocycles. The van der Waals surface area contributed by atoms with E-state index in [0.29, 0.717) is 18.2 Å². The molecule has 8 heteroatoms. The molecule has 8 nitrogen and oxygen atoms in total. The zero-order valence-corrected chi connectivity index (χ0v) is 18.8. The Kier molecular flexibility index (Phi) is 6.68. The van der Waals surface area contributed by atoms with Gasteiger partial charge in [0.15, 0.2) is 0 Å². The largest absolute Gasteiger partial charge is 0.489 e. The van der Waals surface area contributed by atoms with Gasteiger partial charge in [0.05, 0.1) is 11.4 Å². The van der Waals surface area contributed by atoms with E-state index in [9.17, 15) is 4.79 Å². The number of oxime groups is 1. The van der Waals surface area contributed by atoms with Crippen LogP contribution in [-0.4, -0.2) is 32.6 Å². The van der Waals surface area contributed by atoms with Gasteiger partial charge in [-0.05, 0) is 65.8 Å². The number of tetrazole rings is 1. The van der Waals surface area contributed by atoms with E-state index in [1.165, 1.54) is 14.9 Å². The van der Waals surface area contributed by atoms with Gasteiger partial charge in [-0.1, -0.05) is 42.8 Å². The lowest BCUT2D eigenvalue weighted by atomic mass is 10.0. The number of aromatic nitrogens is 4. The molecular weight excluding hydrogens is 406 g/mol. The Morgan fingerprint density at radius 3 is 2.69 bits per heavy atom. The maximum atomic E-state index is 12.5. The smallest absolute Gasteiger partial charge is 0.368 e. The standard InChI is InChI=1S/C24H29N5O3/c1-4-5-11-22(25-31-3)18-8-6-9-19(15-18)32-16-21-20(17-13-14-17)10-7-12-23(21)29-24(30)28(2)26-27-29/h6-10,12,15,17H,4-5,11,13-14,16H2,1-3H3/b25-22+. The average Bonchev–Trinajstić information content (AvgIpc) is 3.61. The van der Waals surface area contributed by atoms with Gasteiger partial charge in [-0.3, -0.25) is 0 Å². The van der Waals surface area contributed by atoms with Gasteiger partial charge in [0.2, 0.25) is 0 Å². The van der Waals surface area contributed by atoms with Crippen LogP contribution >= 0.6 is 0 Å². The first-order chi connectivity index (χ1) is 15.6. The second kappa shape index (κ2) is 9.80. The zero-order valence-electron chi connectivity index (χ0n) is 18.8. The summed E-state index contributed by atoms with van der Waals surface area (Å²) in [5, 5.41) is 12.1. The zero-order chi connectivity index (χ0) is 22.5. The minimum atomic E-state index is -0.280. The van der Waals surface area contributed by atoms with Crippen molar-refractivity contribution < 1.29 is 9.57 Å². The molecular formula is C24H29N5O3. The first-order valence-electron chi connectivity index (χ1n) is 11.1. The van der Waals surface area contributed by atoms with Crippen LogP contribution in [0.5, 0.6) is 5.75 Å². The Balaban J connectivity index is 1.62. The average molecular weight is 436 g/mol. The molecule has 0 amide bonds. The molecule has 3 aromatic rings. The lowest BCUT2D eigenvalue weighted by molar-refractivity contribution is 0.212. The van der Waals surface area contributed by atoms with Crippen molar-refractivity contribution >= 4 is 5.71 Å². The molecule has 4 rings (SSSR count). The Morgan fingerprint density at radius 2 is 2.00 bits per heavy atom. The fourth-order valence-corrected chi connectivity index (χ4v) is 3.81. The van der Waals surface area contributed by atoms with Crippen LogP contribution in [-0.2, 0) is 18.5 Å². The van der Waals surface area contributed by atoms with Crippen molar-refractivity contribution in [3.8, 4) is 11.4 Å². The van der Waals surface area contributed by atoms with Crippen LogP contribution in [0.2, 0.25) is 0 Å². The van der Waals surface area contributed by atoms with E-state index < -0.39 is 0 Å². The monoisotopic (exact) mass is 435 g/mol. The predicted octanol–water partition coefficient (Wildman–Crippen LogP) is 3.96. The SMILES string of the molecule is CCCC/C(=N\OC)c1cccc(OCc2c(C3CC3)cccc2-n2nnn(C)c2=O)c1. The summed E-state index contributed by atoms with van der Waals surface area (Å²) in [6, 6.07) is 13.9. The van der Waals surface area contributed by atoms with E-state index in [4.69, 9.17) is 9.57 Å². The number of ether oxygens (including phenoxy) is 1. The highest BCUT2D eigenvalue weighted by molar-refractivity contribution is 6.00. The van der Waals surface area contributed by atoms with Gasteiger partial charge in [0.25, 0.3) is 0 Å². The summed E-state index contributed by atoms with van der Waals surface area (Å²) in [4.78, 5) is 17.5. The first kappa shape index (κ1) is 21.8. The molecule has 1 heterocycles. The number of aryl methyl sites for hydroxylation is 1. The molecule has 0 spiro atoms. The van der Waals surface area contributed by atoms with E-state index in [2.05, 4.69) is 28.6 Å². The molecule has 0 atom stereocenters. The quantitative estimate of drug-likeness (QED) is 0.355. The van der Waals surface area contributed by atoms with Crippen molar-refractivity contribution in [2.24, 2.45) is 12.2 Å². The summed E-state index contributed by atoms with van der Waals surface area (Å²) < 4.78 is 8.80. The Labute approximate surface area is 187 Å². The third-order valence-corrected chi connectivity index (χ3v) is 5.67. The summed E-state index contributed by atoms with van der Waals surface area (Å²) in [6.45, 7) is 2.49. The molecule has 0 N–H and O–H groups in total. The third kappa shape index (κ3) is 4.74. The van der Waals surface area contributed by atoms with Crippen molar-refractivity contribution in [1.29, 1.82) is 0 Å². The van der Waals surface area contributed by atoms with E-state index >= 15 is 0 Å². The van der Waals surface area contributed by atoms with Crippen molar-refractivity contribution in [3.05, 3.63) is 69.6 Å². The number of benzene rings is 2. The number of nitrogens with zero attached hydrogens (tertiary/aromatic N) is 5. The van der Waals surface area contributed by atoms with Crippen LogP contribution in [0, 0.1) is 0 Å². The molecule has 1 fully saturated rings. The second-order valence-electron chi connectivity index (χ2n) is 8.06. The first-order valence-corrected chi connectivity index (χ1v) is 11.1. The van der Waals surface area contributed by atoms with Crippen LogP contribution in [0.25, 0.3) is 5.69 Å². The highest BCUT2D eigenvalue weighted by Crippen LogP contribution is 2.43. The summed E-state index contributed by atoms with van der Waals surface area (Å²) >= 11 is 0. The number of rotatable bonds is 10. The van der Waals surface area contributed by atoms with Crippen molar-refractivity contribution in [3.63, 3.8) is 0 Å². The molecule has 32 heavy (non-hydrogen) atoms. The van der Waals surface area contributed by atoms with E-state index in [-0.39, 0.29) is 5.69 Å². The minimum Gasteiger partial charge on any atom is -0.489 e. The summed E-state index contributed by atoms with van der Waals surface area (Å²) in [5.74, 6) is 1.24. The predicted molar refractivity (Wildman–Crippen MR) is 122 cm³/mol. The molecule has 1 aliphatic rings. The van der Waals surface area contributed by atoms with Gasteiger partial charge in [0.1, 0.15) is 19.5 Å². The highest BCUT2D eigenvalue weighted by Gasteiger charge is 2.28. The fourth-order valence-electron chi connectivity index (χ4n) is 3.81. The molecule has 0 unspecified atom stereocenters. The van der Waals surface area contributed by atoms with Crippen molar-refractivity contribution in [2.75, 3.05) is 7.11 Å². The Hall–Kier alpha value is -3.42. The van der Waals surface area contributed by atoms with Gasteiger partial charge in [-0.15, -0.1) is 0 Å². The maximum Gasteiger partial charge on any atom is 0.368 e. The highest BCUT2D eigenvalue weighted by atomic mass is 16.6. The van der Waals surface area contributed by atoms with Gasteiger partial charge >= 0.3 is 5.69 Å². The van der Waals surface area contributed by atoms with Crippen LogP contribution in [0.3, 0.4) is 0 Å². The second-order valence-corrected chi connectivity index (χ2v) is 8.06. The summed E-state index contributed by atoms with van der Waals surface area (Å²) in [7, 11) is 3.16. The van der Waals surface area contributed by atoms with Crippen LogP contribution in [0.1, 0.15) is 61.6 Å². The molecule has 2 aromatic carbocycles. The van der Waals surface area contributed by atoms with Gasteiger partial charge in [-0.2, -0.15) is 9.36 Å². The summed E-state index contributed by atoms with van der Waals surface area (Å²) in [5.41, 5.74) is 4.51. The van der Waals surface area contributed by atoms with E-state index in [0.717, 1.165) is 54.7 Å². The molecule has 0 radical (unpaired) electrons. The molecule has 0 bridgehead atoms. The number of hydrogen-bond acceptors (Lipinski definition) is 6. The van der Waals surface area contributed by atoms with Gasteiger partial charge in [0, 0.05) is 18.2 Å².